The van der Waals surface area contributed by atoms with Crippen LogP contribution in [-0.2, 0) is 11.3 Å². The summed E-state index contributed by atoms with van der Waals surface area (Å²) in [5.41, 5.74) is 1.08. The van der Waals surface area contributed by atoms with Crippen LogP contribution in [0.2, 0.25) is 0 Å². The van der Waals surface area contributed by atoms with Gasteiger partial charge in [0.2, 0.25) is 5.91 Å². The highest BCUT2D eigenvalue weighted by Gasteiger charge is 2.25. The van der Waals surface area contributed by atoms with Gasteiger partial charge in [0.1, 0.15) is 5.82 Å². The van der Waals surface area contributed by atoms with Gasteiger partial charge < -0.3 is 20.4 Å². The first-order chi connectivity index (χ1) is 13.0. The third kappa shape index (κ3) is 8.30. The average Bonchev–Trinajstić information content (AvgIpc) is 3.11. The van der Waals surface area contributed by atoms with Crippen molar-refractivity contribution in [3.63, 3.8) is 0 Å². The molecule has 1 fully saturated rings. The summed E-state index contributed by atoms with van der Waals surface area (Å²) in [5.74, 6) is 0.797. The van der Waals surface area contributed by atoms with Gasteiger partial charge >= 0.3 is 0 Å². The highest BCUT2D eigenvalue weighted by atomic mass is 127. The molecule has 1 aromatic carbocycles. The van der Waals surface area contributed by atoms with Gasteiger partial charge in [0.05, 0.1) is 6.54 Å². The molecule has 8 heteroatoms. The molecule has 2 rings (SSSR count). The molecule has 1 amide bonds. The molecule has 1 heterocycles. The Labute approximate surface area is 185 Å². The topological polar surface area (TPSA) is 60.0 Å². The minimum Gasteiger partial charge on any atom is -0.357 e. The molecular formula is C20H33FIN5O. The fourth-order valence-electron chi connectivity index (χ4n) is 3.15. The Balaban J connectivity index is 0.00000392. The summed E-state index contributed by atoms with van der Waals surface area (Å²) in [6, 6.07) is 6.84. The Kier molecular flexibility index (Phi) is 11.4. The van der Waals surface area contributed by atoms with Gasteiger partial charge in [0.15, 0.2) is 5.96 Å². The molecule has 0 radical (unpaired) electrons. The fourth-order valence-corrected chi connectivity index (χ4v) is 3.15. The van der Waals surface area contributed by atoms with E-state index in [1.54, 1.807) is 0 Å². The minimum atomic E-state index is -0.210. The number of carbonyl (C=O) groups excluding carboxylic acids is 1. The molecule has 1 saturated heterocycles. The number of hydrogen-bond acceptors (Lipinski definition) is 3. The SMILES string of the molecule is CCNC(=NCCN(C)Cc1ccc(F)cc1)NC1CCN(C(=O)CC)C1.I. The van der Waals surface area contributed by atoms with E-state index in [4.69, 9.17) is 0 Å². The Morgan fingerprint density at radius 2 is 2.04 bits per heavy atom. The van der Waals surface area contributed by atoms with E-state index in [1.165, 1.54) is 12.1 Å². The number of nitrogens with zero attached hydrogens (tertiary/aromatic N) is 3. The maximum atomic E-state index is 13.0. The Morgan fingerprint density at radius 1 is 1.32 bits per heavy atom. The lowest BCUT2D eigenvalue weighted by Gasteiger charge is -2.19. The first kappa shape index (κ1) is 24.6. The Bertz CT molecular complexity index is 626. The third-order valence-corrected chi connectivity index (χ3v) is 4.65. The fraction of sp³-hybridized carbons (Fsp3) is 0.600. The normalized spacial score (nSPS) is 16.8. The van der Waals surface area contributed by atoms with Crippen LogP contribution < -0.4 is 10.6 Å². The molecule has 0 saturated carbocycles. The molecule has 2 N–H and O–H groups in total. The summed E-state index contributed by atoms with van der Waals surface area (Å²) in [7, 11) is 2.03. The van der Waals surface area contributed by atoms with Gasteiger partial charge in [-0.15, -0.1) is 24.0 Å². The zero-order valence-corrected chi connectivity index (χ0v) is 19.4. The minimum absolute atomic E-state index is 0. The zero-order chi connectivity index (χ0) is 19.6. The zero-order valence-electron chi connectivity index (χ0n) is 17.1. The number of carbonyl (C=O) groups is 1. The van der Waals surface area contributed by atoms with E-state index in [2.05, 4.69) is 20.5 Å². The number of aliphatic imine (C=N–C) groups is 1. The predicted octanol–water partition coefficient (Wildman–Crippen LogP) is 2.44. The molecule has 1 atom stereocenters. The van der Waals surface area contributed by atoms with Crippen LogP contribution in [0.4, 0.5) is 4.39 Å². The number of benzene rings is 1. The second kappa shape index (κ2) is 12.9. The second-order valence-corrected chi connectivity index (χ2v) is 6.95. The summed E-state index contributed by atoms with van der Waals surface area (Å²) in [5, 5.41) is 6.71. The lowest BCUT2D eigenvalue weighted by atomic mass is 10.2. The highest BCUT2D eigenvalue weighted by molar-refractivity contribution is 14.0. The largest absolute Gasteiger partial charge is 0.357 e. The van der Waals surface area contributed by atoms with E-state index in [-0.39, 0.29) is 41.7 Å². The van der Waals surface area contributed by atoms with Gasteiger partial charge in [-0.1, -0.05) is 19.1 Å². The number of nitrogens with one attached hydrogen (secondary N) is 2. The standard InChI is InChI=1S/C20H32FN5O.HI/c1-4-19(27)26-12-10-18(15-26)24-20(22-5-2)23-11-13-25(3)14-16-6-8-17(21)9-7-16;/h6-9,18H,4-5,10-15H2,1-3H3,(H2,22,23,24);1H. The number of halogens is 2. The second-order valence-electron chi connectivity index (χ2n) is 6.95. The first-order valence-corrected chi connectivity index (χ1v) is 9.77. The first-order valence-electron chi connectivity index (χ1n) is 9.77. The number of likely N-dealkylation sites (tertiary alicyclic amines) is 1. The number of guanidine groups is 1. The van der Waals surface area contributed by atoms with Gasteiger partial charge in [0, 0.05) is 45.2 Å². The van der Waals surface area contributed by atoms with Gasteiger partial charge in [-0.2, -0.15) is 0 Å². The molecule has 0 aromatic heterocycles. The quantitative estimate of drug-likeness (QED) is 0.324. The molecule has 1 aliphatic heterocycles. The molecule has 0 spiro atoms. The van der Waals surface area contributed by atoms with Gasteiger partial charge in [-0.25, -0.2) is 4.39 Å². The van der Waals surface area contributed by atoms with Crippen LogP contribution in [0.25, 0.3) is 0 Å². The molecule has 1 aliphatic rings. The third-order valence-electron chi connectivity index (χ3n) is 4.65. The molecular weight excluding hydrogens is 472 g/mol. The van der Waals surface area contributed by atoms with Crippen LogP contribution in [0.3, 0.4) is 0 Å². The Morgan fingerprint density at radius 3 is 2.68 bits per heavy atom. The summed E-state index contributed by atoms with van der Waals surface area (Å²) >= 11 is 0. The smallest absolute Gasteiger partial charge is 0.222 e. The average molecular weight is 505 g/mol. The van der Waals surface area contributed by atoms with E-state index in [9.17, 15) is 9.18 Å². The molecule has 28 heavy (non-hydrogen) atoms. The van der Waals surface area contributed by atoms with Crippen molar-refractivity contribution in [2.45, 2.75) is 39.3 Å². The van der Waals surface area contributed by atoms with E-state index < -0.39 is 0 Å². The van der Waals surface area contributed by atoms with Crippen molar-refractivity contribution in [1.29, 1.82) is 0 Å². The van der Waals surface area contributed by atoms with Gasteiger partial charge in [-0.3, -0.25) is 9.79 Å². The van der Waals surface area contributed by atoms with E-state index in [1.807, 2.05) is 37.9 Å². The summed E-state index contributed by atoms with van der Waals surface area (Å²) in [6.07, 6.45) is 1.50. The van der Waals surface area contributed by atoms with Gasteiger partial charge in [0.25, 0.3) is 0 Å². The Hall–Kier alpha value is -1.42. The lowest BCUT2D eigenvalue weighted by Crippen LogP contribution is -2.45. The maximum Gasteiger partial charge on any atom is 0.222 e. The van der Waals surface area contributed by atoms with Crippen LogP contribution in [-0.4, -0.2) is 67.5 Å². The number of hydrogen-bond donors (Lipinski definition) is 2. The summed E-state index contributed by atoms with van der Waals surface area (Å²) in [6.45, 7) is 8.51. The molecule has 6 nitrogen and oxygen atoms in total. The van der Waals surface area contributed by atoms with Gasteiger partial charge in [-0.05, 0) is 38.1 Å². The molecule has 0 bridgehead atoms. The van der Waals surface area contributed by atoms with Crippen molar-refractivity contribution in [2.24, 2.45) is 4.99 Å². The number of amides is 1. The monoisotopic (exact) mass is 505 g/mol. The van der Waals surface area contributed by atoms with Crippen LogP contribution >= 0.6 is 24.0 Å². The lowest BCUT2D eigenvalue weighted by molar-refractivity contribution is -0.129. The summed E-state index contributed by atoms with van der Waals surface area (Å²) < 4.78 is 13.0. The van der Waals surface area contributed by atoms with Crippen molar-refractivity contribution in [1.82, 2.24) is 20.4 Å². The van der Waals surface area contributed by atoms with E-state index in [0.29, 0.717) is 13.0 Å². The summed E-state index contributed by atoms with van der Waals surface area (Å²) in [4.78, 5) is 20.5. The molecule has 0 aliphatic carbocycles. The van der Waals surface area contributed by atoms with E-state index >= 15 is 0 Å². The predicted molar refractivity (Wildman–Crippen MR) is 123 cm³/mol. The number of likely N-dealkylation sites (N-methyl/N-ethyl adjacent to an activating group) is 1. The highest BCUT2D eigenvalue weighted by Crippen LogP contribution is 2.10. The molecule has 1 aromatic rings. The van der Waals surface area contributed by atoms with Crippen LogP contribution in [0.15, 0.2) is 29.3 Å². The maximum absolute atomic E-state index is 13.0. The van der Waals surface area contributed by atoms with Crippen LogP contribution in [0.5, 0.6) is 0 Å². The van der Waals surface area contributed by atoms with Crippen molar-refractivity contribution in [3.8, 4) is 0 Å². The molecule has 158 valence electrons. The van der Waals surface area contributed by atoms with Crippen molar-refractivity contribution in [2.75, 3.05) is 39.8 Å². The molecule has 1 unspecified atom stereocenters. The van der Waals surface area contributed by atoms with Crippen LogP contribution in [0, 0.1) is 5.82 Å². The van der Waals surface area contributed by atoms with Crippen molar-refractivity contribution < 1.29 is 9.18 Å². The van der Waals surface area contributed by atoms with Crippen molar-refractivity contribution in [3.05, 3.63) is 35.6 Å². The van der Waals surface area contributed by atoms with Crippen LogP contribution in [0.1, 0.15) is 32.3 Å². The van der Waals surface area contributed by atoms with E-state index in [0.717, 1.165) is 50.7 Å². The van der Waals surface area contributed by atoms with Crippen molar-refractivity contribution >= 4 is 35.8 Å². The number of rotatable bonds is 8.